The van der Waals surface area contributed by atoms with E-state index in [1.165, 1.54) is 0 Å². The third-order valence-corrected chi connectivity index (χ3v) is 3.56. The lowest BCUT2D eigenvalue weighted by Gasteiger charge is -2.14. The molecule has 0 spiro atoms. The number of esters is 2. The maximum Gasteiger partial charge on any atom is 0.338 e. The maximum atomic E-state index is 12.0. The average molecular weight is 357 g/mol. The van der Waals surface area contributed by atoms with Crippen LogP contribution in [0.5, 0.6) is 0 Å². The molecule has 0 radical (unpaired) electrons. The molecule has 1 unspecified atom stereocenters. The number of benzene rings is 2. The quantitative estimate of drug-likeness (QED) is 0.444. The number of carbonyl (C=O) groups is 2. The SMILES string of the molecule is Cc1ccc(C(=O)OC(C)COCCOC(=O)c2ccc(N)cc2)cc1. The van der Waals surface area contributed by atoms with E-state index >= 15 is 0 Å². The molecule has 6 nitrogen and oxygen atoms in total. The number of carbonyl (C=O) groups excluding carboxylic acids is 2. The zero-order valence-electron chi connectivity index (χ0n) is 14.9. The zero-order chi connectivity index (χ0) is 18.9. The molecule has 2 aromatic carbocycles. The molecule has 6 heteroatoms. The van der Waals surface area contributed by atoms with E-state index in [1.807, 2.05) is 19.1 Å². The van der Waals surface area contributed by atoms with Gasteiger partial charge in [-0.15, -0.1) is 0 Å². The summed E-state index contributed by atoms with van der Waals surface area (Å²) in [6.45, 7) is 4.24. The van der Waals surface area contributed by atoms with E-state index in [-0.39, 0.29) is 19.8 Å². The number of nitrogen functional groups attached to an aromatic ring is 1. The predicted octanol–water partition coefficient (Wildman–Crippen LogP) is 3.00. The highest BCUT2D eigenvalue weighted by atomic mass is 16.6. The van der Waals surface area contributed by atoms with Crippen molar-refractivity contribution in [2.75, 3.05) is 25.6 Å². The molecule has 0 aliphatic heterocycles. The fourth-order valence-corrected chi connectivity index (χ4v) is 2.12. The molecular formula is C20H23NO5. The fourth-order valence-electron chi connectivity index (χ4n) is 2.12. The van der Waals surface area contributed by atoms with Gasteiger partial charge in [0.25, 0.3) is 0 Å². The van der Waals surface area contributed by atoms with Crippen molar-refractivity contribution in [3.05, 3.63) is 65.2 Å². The number of hydrogen-bond donors (Lipinski definition) is 1. The van der Waals surface area contributed by atoms with Crippen LogP contribution in [0.2, 0.25) is 0 Å². The Morgan fingerprint density at radius 1 is 0.923 bits per heavy atom. The minimum absolute atomic E-state index is 0.113. The summed E-state index contributed by atoms with van der Waals surface area (Å²) in [5.74, 6) is -0.830. The second kappa shape index (κ2) is 9.58. The fraction of sp³-hybridized carbons (Fsp3) is 0.300. The van der Waals surface area contributed by atoms with Crippen LogP contribution in [-0.2, 0) is 14.2 Å². The standard InChI is InChI=1S/C20H23NO5/c1-14-3-5-17(6-4-14)20(23)26-15(2)13-24-11-12-25-19(22)16-7-9-18(21)10-8-16/h3-10,15H,11-13,21H2,1-2H3. The first-order valence-electron chi connectivity index (χ1n) is 8.34. The Bertz CT molecular complexity index is 725. The molecule has 0 aliphatic carbocycles. The minimum Gasteiger partial charge on any atom is -0.460 e. The molecule has 1 atom stereocenters. The monoisotopic (exact) mass is 357 g/mol. The van der Waals surface area contributed by atoms with Gasteiger partial charge in [0.1, 0.15) is 12.7 Å². The summed E-state index contributed by atoms with van der Waals surface area (Å²) in [4.78, 5) is 23.8. The van der Waals surface area contributed by atoms with E-state index in [1.54, 1.807) is 43.3 Å². The summed E-state index contributed by atoms with van der Waals surface area (Å²) in [5.41, 5.74) is 8.15. The first-order valence-corrected chi connectivity index (χ1v) is 8.34. The molecule has 0 bridgehead atoms. The Kier molecular flexibility index (Phi) is 7.17. The second-order valence-corrected chi connectivity index (χ2v) is 5.91. The first kappa shape index (κ1) is 19.5. The van der Waals surface area contributed by atoms with E-state index in [2.05, 4.69) is 0 Å². The van der Waals surface area contributed by atoms with Gasteiger partial charge in [-0.2, -0.15) is 0 Å². The van der Waals surface area contributed by atoms with Crippen LogP contribution >= 0.6 is 0 Å². The number of ether oxygens (including phenoxy) is 3. The molecule has 2 rings (SSSR count). The molecule has 0 heterocycles. The topological polar surface area (TPSA) is 87.9 Å². The Morgan fingerprint density at radius 3 is 2.15 bits per heavy atom. The van der Waals surface area contributed by atoms with Crippen LogP contribution in [0, 0.1) is 6.92 Å². The van der Waals surface area contributed by atoms with Gasteiger partial charge in [0.05, 0.1) is 24.3 Å². The van der Waals surface area contributed by atoms with Gasteiger partial charge in [-0.1, -0.05) is 17.7 Å². The van der Waals surface area contributed by atoms with E-state index in [9.17, 15) is 9.59 Å². The highest BCUT2D eigenvalue weighted by Gasteiger charge is 2.12. The maximum absolute atomic E-state index is 12.0. The molecule has 2 aromatic rings. The van der Waals surface area contributed by atoms with E-state index in [0.29, 0.717) is 16.8 Å². The van der Waals surface area contributed by atoms with Crippen LogP contribution < -0.4 is 5.73 Å². The van der Waals surface area contributed by atoms with Gasteiger partial charge >= 0.3 is 11.9 Å². The van der Waals surface area contributed by atoms with Crippen molar-refractivity contribution < 1.29 is 23.8 Å². The lowest BCUT2D eigenvalue weighted by atomic mass is 10.1. The Morgan fingerprint density at radius 2 is 1.50 bits per heavy atom. The van der Waals surface area contributed by atoms with Crippen molar-refractivity contribution in [1.82, 2.24) is 0 Å². The smallest absolute Gasteiger partial charge is 0.338 e. The Balaban J connectivity index is 1.63. The summed E-state index contributed by atoms with van der Waals surface area (Å²) < 4.78 is 15.8. The molecule has 2 N–H and O–H groups in total. The van der Waals surface area contributed by atoms with Crippen molar-refractivity contribution in [3.63, 3.8) is 0 Å². The summed E-state index contributed by atoms with van der Waals surface area (Å²) >= 11 is 0. The molecule has 0 fully saturated rings. The van der Waals surface area contributed by atoms with Crippen molar-refractivity contribution >= 4 is 17.6 Å². The Labute approximate surface area is 152 Å². The highest BCUT2D eigenvalue weighted by Crippen LogP contribution is 2.08. The van der Waals surface area contributed by atoms with Crippen LogP contribution in [0.4, 0.5) is 5.69 Å². The van der Waals surface area contributed by atoms with Crippen LogP contribution in [0.25, 0.3) is 0 Å². The number of aryl methyl sites for hydroxylation is 1. The molecule has 0 amide bonds. The summed E-state index contributed by atoms with van der Waals surface area (Å²) in [6.07, 6.45) is -0.406. The summed E-state index contributed by atoms with van der Waals surface area (Å²) in [5, 5.41) is 0. The van der Waals surface area contributed by atoms with Crippen LogP contribution in [0.1, 0.15) is 33.2 Å². The van der Waals surface area contributed by atoms with Gasteiger partial charge in [-0.3, -0.25) is 0 Å². The number of rotatable bonds is 8. The van der Waals surface area contributed by atoms with Crippen molar-refractivity contribution in [3.8, 4) is 0 Å². The van der Waals surface area contributed by atoms with Gasteiger partial charge in [0.2, 0.25) is 0 Å². The molecule has 26 heavy (non-hydrogen) atoms. The normalized spacial score (nSPS) is 11.6. The third kappa shape index (κ3) is 6.22. The summed E-state index contributed by atoms with van der Waals surface area (Å²) in [6, 6.07) is 13.6. The highest BCUT2D eigenvalue weighted by molar-refractivity contribution is 5.90. The third-order valence-electron chi connectivity index (χ3n) is 3.56. The van der Waals surface area contributed by atoms with Gasteiger partial charge in [0, 0.05) is 5.69 Å². The molecule has 0 saturated carbocycles. The van der Waals surface area contributed by atoms with E-state index in [0.717, 1.165) is 5.56 Å². The average Bonchev–Trinajstić information content (AvgIpc) is 2.62. The first-order chi connectivity index (χ1) is 12.5. The molecule has 0 aromatic heterocycles. The zero-order valence-corrected chi connectivity index (χ0v) is 14.9. The van der Waals surface area contributed by atoms with Crippen molar-refractivity contribution in [1.29, 1.82) is 0 Å². The predicted molar refractivity (Wildman–Crippen MR) is 98.0 cm³/mol. The lowest BCUT2D eigenvalue weighted by Crippen LogP contribution is -2.22. The van der Waals surface area contributed by atoms with Gasteiger partial charge < -0.3 is 19.9 Å². The van der Waals surface area contributed by atoms with Gasteiger partial charge in [0.15, 0.2) is 0 Å². The minimum atomic E-state index is -0.438. The molecular weight excluding hydrogens is 334 g/mol. The van der Waals surface area contributed by atoms with Crippen LogP contribution in [0.3, 0.4) is 0 Å². The largest absolute Gasteiger partial charge is 0.460 e. The number of hydrogen-bond acceptors (Lipinski definition) is 6. The number of nitrogens with two attached hydrogens (primary N) is 1. The second-order valence-electron chi connectivity index (χ2n) is 5.91. The van der Waals surface area contributed by atoms with Crippen LogP contribution in [-0.4, -0.2) is 37.9 Å². The van der Waals surface area contributed by atoms with Gasteiger partial charge in [-0.05, 0) is 50.2 Å². The molecule has 138 valence electrons. The summed E-state index contributed by atoms with van der Waals surface area (Å²) in [7, 11) is 0. The van der Waals surface area contributed by atoms with E-state index < -0.39 is 18.0 Å². The lowest BCUT2D eigenvalue weighted by molar-refractivity contribution is -0.00880. The van der Waals surface area contributed by atoms with Crippen molar-refractivity contribution in [2.45, 2.75) is 20.0 Å². The van der Waals surface area contributed by atoms with E-state index in [4.69, 9.17) is 19.9 Å². The van der Waals surface area contributed by atoms with Gasteiger partial charge in [-0.25, -0.2) is 9.59 Å². The molecule has 0 aliphatic rings. The molecule has 0 saturated heterocycles. The van der Waals surface area contributed by atoms with Crippen LogP contribution in [0.15, 0.2) is 48.5 Å². The number of anilines is 1. The Hall–Kier alpha value is -2.86. The van der Waals surface area contributed by atoms with Crippen molar-refractivity contribution in [2.24, 2.45) is 0 Å².